The molecule has 0 radical (unpaired) electrons. The molecule has 0 aliphatic rings. The maximum Gasteiger partial charge on any atom is 0.120 e. The summed E-state index contributed by atoms with van der Waals surface area (Å²) in [5.74, 6) is 0. The molecule has 33 heavy (non-hydrogen) atoms. The molecule has 0 fully saturated rings. The van der Waals surface area contributed by atoms with Gasteiger partial charge in [0, 0.05) is 18.8 Å². The van der Waals surface area contributed by atoms with Crippen LogP contribution in [0.1, 0.15) is 70.0 Å². The number of hydrogen-bond acceptors (Lipinski definition) is 7. The number of hydrogen-bond donors (Lipinski definition) is 1. The van der Waals surface area contributed by atoms with Crippen molar-refractivity contribution >= 4 is 23.8 Å². The molecule has 2 atom stereocenters. The Morgan fingerprint density at radius 2 is 1.82 bits per heavy atom. The number of aliphatic hydroxyl groups excluding tert-OH is 1. The molecular formula is C26H47N5OS. The van der Waals surface area contributed by atoms with E-state index in [2.05, 4.69) is 59.4 Å². The summed E-state index contributed by atoms with van der Waals surface area (Å²) in [5, 5.41) is 10.1. The summed E-state index contributed by atoms with van der Waals surface area (Å²) in [5.41, 5.74) is 1.97. The van der Waals surface area contributed by atoms with Gasteiger partial charge in [-0.15, -0.1) is 11.3 Å². The molecule has 1 heterocycles. The van der Waals surface area contributed by atoms with Gasteiger partial charge in [0.05, 0.1) is 29.8 Å². The number of aliphatic hydroxyl groups is 1. The Labute approximate surface area is 206 Å². The van der Waals surface area contributed by atoms with Crippen LogP contribution in [0.5, 0.6) is 0 Å². The van der Waals surface area contributed by atoms with Gasteiger partial charge in [0.1, 0.15) is 11.2 Å². The molecule has 7 heteroatoms. The van der Waals surface area contributed by atoms with E-state index >= 15 is 0 Å². The summed E-state index contributed by atoms with van der Waals surface area (Å²) in [6, 6.07) is 0.388. The molecule has 0 aliphatic carbocycles. The summed E-state index contributed by atoms with van der Waals surface area (Å²) in [6.07, 6.45) is 10.2. The van der Waals surface area contributed by atoms with Crippen molar-refractivity contribution in [1.82, 2.24) is 14.8 Å². The maximum absolute atomic E-state index is 9.08. The molecule has 6 nitrogen and oxygen atoms in total. The molecular weight excluding hydrogens is 430 g/mol. The van der Waals surface area contributed by atoms with Crippen LogP contribution in [0.2, 0.25) is 0 Å². The zero-order valence-electron chi connectivity index (χ0n) is 22.4. The lowest BCUT2D eigenvalue weighted by Crippen LogP contribution is -2.37. The fraction of sp³-hybridized carbons (Fsp3) is 0.654. The van der Waals surface area contributed by atoms with Crippen molar-refractivity contribution in [2.45, 2.75) is 86.1 Å². The van der Waals surface area contributed by atoms with Crippen molar-refractivity contribution in [3.63, 3.8) is 0 Å². The standard InChI is InChI=1S/C24H41N5OS.C2H6/c1-9-20(10-2)29(8)23(25-11-3)13-12-21(18(4)5)26-16-22-19(6)27-24(31-22)17-28(7)14-15-30;1-2/h11-13,16,20-21,23,30H,4,9-10,14-15,17H2,1-3,5-8H3;1-2H3/b13-12?,25-11+,26-16?;. The Bertz CT molecular complexity index is 752. The van der Waals surface area contributed by atoms with Gasteiger partial charge in [0.25, 0.3) is 0 Å². The maximum atomic E-state index is 9.08. The van der Waals surface area contributed by atoms with Gasteiger partial charge in [-0.05, 0) is 60.0 Å². The Balaban J connectivity index is 0.00000497. The Morgan fingerprint density at radius 3 is 2.33 bits per heavy atom. The first kappa shape index (κ1) is 31.3. The lowest BCUT2D eigenvalue weighted by molar-refractivity contribution is 0.196. The Kier molecular flexibility index (Phi) is 16.9. The SMILES string of the molecule is C=C(C)C(C=CC(/N=C/C)N(C)C(CC)CC)N=Cc1sc(CN(C)CCO)nc1C.CC. The average Bonchev–Trinajstić information content (AvgIpc) is 3.13. The molecule has 0 aromatic carbocycles. The minimum atomic E-state index is -0.105. The highest BCUT2D eigenvalue weighted by Gasteiger charge is 2.17. The third-order valence-electron chi connectivity index (χ3n) is 5.32. The smallest absolute Gasteiger partial charge is 0.120 e. The number of rotatable bonds is 14. The van der Waals surface area contributed by atoms with Crippen LogP contribution in [0.25, 0.3) is 0 Å². The number of aromatic nitrogens is 1. The van der Waals surface area contributed by atoms with E-state index < -0.39 is 0 Å². The highest BCUT2D eigenvalue weighted by molar-refractivity contribution is 7.13. The largest absolute Gasteiger partial charge is 0.395 e. The van der Waals surface area contributed by atoms with Crippen LogP contribution in [0.15, 0.2) is 34.3 Å². The first-order valence-corrected chi connectivity index (χ1v) is 12.9. The summed E-state index contributed by atoms with van der Waals surface area (Å²) in [6.45, 7) is 20.0. The second kappa shape index (κ2) is 17.8. The summed E-state index contributed by atoms with van der Waals surface area (Å²) in [4.78, 5) is 19.5. The molecule has 1 N–H and O–H groups in total. The first-order valence-electron chi connectivity index (χ1n) is 12.1. The second-order valence-corrected chi connectivity index (χ2v) is 9.04. The van der Waals surface area contributed by atoms with E-state index in [0.29, 0.717) is 12.6 Å². The van der Waals surface area contributed by atoms with Gasteiger partial charge in [-0.1, -0.05) is 45.9 Å². The van der Waals surface area contributed by atoms with E-state index in [1.807, 2.05) is 54.1 Å². The van der Waals surface area contributed by atoms with E-state index in [1.165, 1.54) is 0 Å². The first-order chi connectivity index (χ1) is 15.8. The monoisotopic (exact) mass is 477 g/mol. The number of aryl methyl sites for hydroxylation is 1. The third-order valence-corrected chi connectivity index (χ3v) is 6.40. The number of likely N-dealkylation sites (N-methyl/N-ethyl adjacent to an activating group) is 2. The van der Waals surface area contributed by atoms with Crippen LogP contribution >= 0.6 is 11.3 Å². The van der Waals surface area contributed by atoms with Crippen molar-refractivity contribution in [3.8, 4) is 0 Å². The van der Waals surface area contributed by atoms with E-state index in [-0.39, 0.29) is 18.8 Å². The van der Waals surface area contributed by atoms with E-state index in [9.17, 15) is 0 Å². The predicted octanol–water partition coefficient (Wildman–Crippen LogP) is 5.36. The zero-order valence-corrected chi connectivity index (χ0v) is 23.2. The lowest BCUT2D eigenvalue weighted by Gasteiger charge is -2.30. The third kappa shape index (κ3) is 11.3. The fourth-order valence-electron chi connectivity index (χ4n) is 3.35. The molecule has 0 aliphatic heterocycles. The minimum Gasteiger partial charge on any atom is -0.395 e. The van der Waals surface area contributed by atoms with Crippen LogP contribution in [0, 0.1) is 6.92 Å². The van der Waals surface area contributed by atoms with Gasteiger partial charge >= 0.3 is 0 Å². The average molecular weight is 478 g/mol. The fourth-order valence-corrected chi connectivity index (χ4v) is 4.38. The van der Waals surface area contributed by atoms with Crippen LogP contribution in [-0.2, 0) is 6.54 Å². The van der Waals surface area contributed by atoms with Crippen LogP contribution < -0.4 is 0 Å². The van der Waals surface area contributed by atoms with E-state index in [1.54, 1.807) is 11.3 Å². The Hall–Kier alpha value is -1.67. The minimum absolute atomic E-state index is 0.00856. The molecule has 0 spiro atoms. The topological polar surface area (TPSA) is 64.3 Å². The van der Waals surface area contributed by atoms with Gasteiger partial charge in [0.2, 0.25) is 0 Å². The molecule has 1 aromatic heterocycles. The molecule has 2 unspecified atom stereocenters. The molecule has 0 saturated carbocycles. The predicted molar refractivity (Wildman–Crippen MR) is 147 cm³/mol. The quantitative estimate of drug-likeness (QED) is 0.289. The van der Waals surface area contributed by atoms with Crippen molar-refractivity contribution in [2.24, 2.45) is 9.98 Å². The molecule has 1 aromatic rings. The summed E-state index contributed by atoms with van der Waals surface area (Å²) >= 11 is 1.65. The normalized spacial score (nSPS) is 14.1. The number of thiazole rings is 1. The van der Waals surface area contributed by atoms with Gasteiger partial charge < -0.3 is 5.11 Å². The van der Waals surface area contributed by atoms with E-state index in [4.69, 9.17) is 10.1 Å². The molecule has 0 amide bonds. The zero-order chi connectivity index (χ0) is 25.4. The highest BCUT2D eigenvalue weighted by Crippen LogP contribution is 2.19. The number of aliphatic imine (C=N–C) groups is 2. The van der Waals surface area contributed by atoms with Crippen molar-refractivity contribution in [2.75, 3.05) is 27.2 Å². The van der Waals surface area contributed by atoms with Crippen molar-refractivity contribution < 1.29 is 5.11 Å². The van der Waals surface area contributed by atoms with Crippen LogP contribution in [0.4, 0.5) is 0 Å². The molecule has 1 rings (SSSR count). The lowest BCUT2D eigenvalue weighted by atomic mass is 10.1. The van der Waals surface area contributed by atoms with Gasteiger partial charge in [-0.2, -0.15) is 0 Å². The van der Waals surface area contributed by atoms with Gasteiger partial charge in [0.15, 0.2) is 0 Å². The van der Waals surface area contributed by atoms with Crippen LogP contribution in [-0.4, -0.2) is 77.8 Å². The van der Waals surface area contributed by atoms with Gasteiger partial charge in [-0.25, -0.2) is 4.98 Å². The summed E-state index contributed by atoms with van der Waals surface area (Å²) < 4.78 is 0. The van der Waals surface area contributed by atoms with Crippen LogP contribution in [0.3, 0.4) is 0 Å². The molecule has 188 valence electrons. The Morgan fingerprint density at radius 1 is 1.18 bits per heavy atom. The highest BCUT2D eigenvalue weighted by atomic mass is 32.1. The van der Waals surface area contributed by atoms with Gasteiger partial charge in [-0.3, -0.25) is 19.8 Å². The van der Waals surface area contributed by atoms with E-state index in [0.717, 1.165) is 40.5 Å². The molecule has 0 saturated heterocycles. The second-order valence-electron chi connectivity index (χ2n) is 7.93. The molecule has 0 bridgehead atoms. The van der Waals surface area contributed by atoms with Crippen molar-refractivity contribution in [1.29, 1.82) is 0 Å². The van der Waals surface area contributed by atoms with Crippen molar-refractivity contribution in [3.05, 3.63) is 39.9 Å². The summed E-state index contributed by atoms with van der Waals surface area (Å²) in [7, 11) is 4.12. The number of nitrogens with zero attached hydrogens (tertiary/aromatic N) is 5.